The number of halogens is 4. The van der Waals surface area contributed by atoms with Gasteiger partial charge >= 0.3 is 6.18 Å². The van der Waals surface area contributed by atoms with Crippen molar-refractivity contribution in [2.24, 2.45) is 0 Å². The molecule has 0 radical (unpaired) electrons. The van der Waals surface area contributed by atoms with Crippen molar-refractivity contribution in [3.8, 4) is 11.3 Å². The molecule has 9 heteroatoms. The van der Waals surface area contributed by atoms with E-state index in [4.69, 9.17) is 5.73 Å². The van der Waals surface area contributed by atoms with Gasteiger partial charge in [0.1, 0.15) is 0 Å². The highest BCUT2D eigenvalue weighted by atomic mass is 35.5. The molecular weight excluding hydrogens is 369 g/mol. The third kappa shape index (κ3) is 4.34. The highest BCUT2D eigenvalue weighted by Gasteiger charge is 2.30. The maximum atomic E-state index is 12.5. The number of amides is 1. The quantitative estimate of drug-likeness (QED) is 0.629. The molecule has 5 nitrogen and oxygen atoms in total. The van der Waals surface area contributed by atoms with Crippen LogP contribution in [0.3, 0.4) is 0 Å². The first kappa shape index (κ1) is 19.3. The molecule has 4 N–H and O–H groups in total. The van der Waals surface area contributed by atoms with E-state index in [-0.39, 0.29) is 18.0 Å². The lowest BCUT2D eigenvalue weighted by Crippen LogP contribution is -2.12. The summed E-state index contributed by atoms with van der Waals surface area (Å²) in [4.78, 5) is 18.9. The van der Waals surface area contributed by atoms with Gasteiger partial charge in [-0.15, -0.1) is 12.4 Å². The number of rotatable bonds is 3. The lowest BCUT2D eigenvalue weighted by Gasteiger charge is -2.09. The van der Waals surface area contributed by atoms with E-state index >= 15 is 0 Å². The van der Waals surface area contributed by atoms with Gasteiger partial charge in [0, 0.05) is 11.3 Å². The SMILES string of the molecule is Cl.Nc1ncc(-c2ccc(NC(=O)c3ccc(C(F)(F)F)cc3)cc2)[nH]1. The molecule has 1 amide bonds. The molecule has 1 aromatic heterocycles. The molecule has 3 rings (SSSR count). The van der Waals surface area contributed by atoms with Gasteiger partial charge in [0.05, 0.1) is 17.5 Å². The molecule has 0 saturated carbocycles. The number of aromatic amines is 1. The van der Waals surface area contributed by atoms with E-state index in [2.05, 4.69) is 15.3 Å². The lowest BCUT2D eigenvalue weighted by molar-refractivity contribution is -0.137. The fraction of sp³-hybridized carbons (Fsp3) is 0.0588. The minimum atomic E-state index is -4.43. The van der Waals surface area contributed by atoms with Crippen LogP contribution in [0.25, 0.3) is 11.3 Å². The number of aromatic nitrogens is 2. The van der Waals surface area contributed by atoms with Gasteiger partial charge in [0.15, 0.2) is 5.95 Å². The highest BCUT2D eigenvalue weighted by molar-refractivity contribution is 6.04. The number of alkyl halides is 3. The minimum absolute atomic E-state index is 0. The summed E-state index contributed by atoms with van der Waals surface area (Å²) in [6.45, 7) is 0. The number of hydrogen-bond acceptors (Lipinski definition) is 3. The molecule has 0 fully saturated rings. The van der Waals surface area contributed by atoms with Gasteiger partial charge in [0.25, 0.3) is 5.91 Å². The Labute approximate surface area is 152 Å². The number of benzene rings is 2. The molecular formula is C17H14ClF3N4O. The number of imidazole rings is 1. The van der Waals surface area contributed by atoms with Crippen LogP contribution in [-0.2, 0) is 6.18 Å². The number of nitrogens with one attached hydrogen (secondary N) is 2. The summed E-state index contributed by atoms with van der Waals surface area (Å²) in [5.41, 5.74) is 6.94. The monoisotopic (exact) mass is 382 g/mol. The lowest BCUT2D eigenvalue weighted by atomic mass is 10.1. The topological polar surface area (TPSA) is 83.8 Å². The average Bonchev–Trinajstić information content (AvgIpc) is 3.01. The van der Waals surface area contributed by atoms with Crippen molar-refractivity contribution in [1.82, 2.24) is 9.97 Å². The average molecular weight is 383 g/mol. The van der Waals surface area contributed by atoms with Crippen molar-refractivity contribution < 1.29 is 18.0 Å². The van der Waals surface area contributed by atoms with E-state index in [0.717, 1.165) is 35.5 Å². The summed E-state index contributed by atoms with van der Waals surface area (Å²) in [6.07, 6.45) is -2.84. The zero-order valence-corrected chi connectivity index (χ0v) is 14.0. The van der Waals surface area contributed by atoms with E-state index in [0.29, 0.717) is 11.6 Å². The molecule has 0 saturated heterocycles. The fourth-order valence-electron chi connectivity index (χ4n) is 2.23. The van der Waals surface area contributed by atoms with Gasteiger partial charge in [-0.1, -0.05) is 12.1 Å². The normalized spacial score (nSPS) is 10.9. The zero-order valence-electron chi connectivity index (χ0n) is 13.2. The molecule has 0 aliphatic rings. The third-order valence-electron chi connectivity index (χ3n) is 3.52. The molecule has 136 valence electrons. The molecule has 0 atom stereocenters. The minimum Gasteiger partial charge on any atom is -0.369 e. The van der Waals surface area contributed by atoms with E-state index in [1.807, 2.05) is 0 Å². The van der Waals surface area contributed by atoms with E-state index in [9.17, 15) is 18.0 Å². The van der Waals surface area contributed by atoms with Gasteiger partial charge < -0.3 is 16.0 Å². The predicted octanol–water partition coefficient (Wildman–Crippen LogP) is 4.35. The number of nitrogen functional groups attached to an aromatic ring is 1. The van der Waals surface area contributed by atoms with Gasteiger partial charge in [-0.05, 0) is 42.0 Å². The van der Waals surface area contributed by atoms with Crippen LogP contribution in [0.1, 0.15) is 15.9 Å². The van der Waals surface area contributed by atoms with Crippen LogP contribution in [-0.4, -0.2) is 15.9 Å². The molecule has 1 heterocycles. The van der Waals surface area contributed by atoms with Gasteiger partial charge in [-0.2, -0.15) is 13.2 Å². The smallest absolute Gasteiger partial charge is 0.369 e. The maximum Gasteiger partial charge on any atom is 0.416 e. The van der Waals surface area contributed by atoms with E-state index in [1.165, 1.54) is 0 Å². The molecule has 2 aromatic carbocycles. The first-order valence-corrected chi connectivity index (χ1v) is 7.22. The van der Waals surface area contributed by atoms with Gasteiger partial charge in [-0.25, -0.2) is 4.98 Å². The summed E-state index contributed by atoms with van der Waals surface area (Å²) in [5.74, 6) is -0.193. The molecule has 3 aromatic rings. The number of anilines is 2. The van der Waals surface area contributed by atoms with Crippen LogP contribution in [0, 0.1) is 0 Å². The van der Waals surface area contributed by atoms with Crippen LogP contribution in [0.4, 0.5) is 24.8 Å². The summed E-state index contributed by atoms with van der Waals surface area (Å²) < 4.78 is 37.6. The molecule has 0 spiro atoms. The fourth-order valence-corrected chi connectivity index (χ4v) is 2.23. The summed E-state index contributed by atoms with van der Waals surface area (Å²) in [5, 5.41) is 2.63. The second-order valence-electron chi connectivity index (χ2n) is 5.29. The van der Waals surface area contributed by atoms with Crippen molar-refractivity contribution in [3.05, 3.63) is 65.9 Å². The number of carbonyl (C=O) groups excluding carboxylic acids is 1. The Morgan fingerprint density at radius 2 is 1.65 bits per heavy atom. The largest absolute Gasteiger partial charge is 0.416 e. The van der Waals surface area contributed by atoms with Crippen molar-refractivity contribution in [2.75, 3.05) is 11.1 Å². The number of H-pyrrole nitrogens is 1. The Balaban J connectivity index is 0.00000243. The van der Waals surface area contributed by atoms with Crippen LogP contribution >= 0.6 is 12.4 Å². The maximum absolute atomic E-state index is 12.5. The highest BCUT2D eigenvalue weighted by Crippen LogP contribution is 2.29. The molecule has 0 aliphatic carbocycles. The van der Waals surface area contributed by atoms with Crippen LogP contribution < -0.4 is 11.1 Å². The second-order valence-corrected chi connectivity index (χ2v) is 5.29. The van der Waals surface area contributed by atoms with Crippen LogP contribution in [0.5, 0.6) is 0 Å². The number of nitrogens with zero attached hydrogens (tertiary/aromatic N) is 1. The Bertz CT molecular complexity index is 890. The molecule has 0 aliphatic heterocycles. The Morgan fingerprint density at radius 1 is 1.04 bits per heavy atom. The van der Waals surface area contributed by atoms with E-state index < -0.39 is 17.6 Å². The van der Waals surface area contributed by atoms with Crippen molar-refractivity contribution in [2.45, 2.75) is 6.18 Å². The van der Waals surface area contributed by atoms with Gasteiger partial charge in [0.2, 0.25) is 0 Å². The number of nitrogens with two attached hydrogens (primary N) is 1. The Hall–Kier alpha value is -3.00. The summed E-state index contributed by atoms with van der Waals surface area (Å²) >= 11 is 0. The van der Waals surface area contributed by atoms with E-state index in [1.54, 1.807) is 30.5 Å². The second kappa shape index (κ2) is 7.49. The van der Waals surface area contributed by atoms with Gasteiger partial charge in [-0.3, -0.25) is 4.79 Å². The zero-order chi connectivity index (χ0) is 18.0. The molecule has 0 bridgehead atoms. The predicted molar refractivity (Wildman–Crippen MR) is 95.1 cm³/mol. The Morgan fingerprint density at radius 3 is 2.15 bits per heavy atom. The van der Waals surface area contributed by atoms with Crippen molar-refractivity contribution in [1.29, 1.82) is 0 Å². The standard InChI is InChI=1S/C17H13F3N4O.ClH/c18-17(19,20)12-5-1-11(2-6-12)15(25)23-13-7-3-10(4-8-13)14-9-22-16(21)24-14;/h1-9H,(H,23,25)(H3,21,22,24);1H. The first-order chi connectivity index (χ1) is 11.8. The molecule has 26 heavy (non-hydrogen) atoms. The Kier molecular flexibility index (Phi) is 5.56. The van der Waals surface area contributed by atoms with Crippen molar-refractivity contribution >= 4 is 29.9 Å². The summed E-state index contributed by atoms with van der Waals surface area (Å²) in [7, 11) is 0. The van der Waals surface area contributed by atoms with Crippen LogP contribution in [0.2, 0.25) is 0 Å². The number of hydrogen-bond donors (Lipinski definition) is 3. The van der Waals surface area contributed by atoms with Crippen molar-refractivity contribution in [3.63, 3.8) is 0 Å². The molecule has 0 unspecified atom stereocenters. The number of carbonyl (C=O) groups is 1. The first-order valence-electron chi connectivity index (χ1n) is 7.22. The van der Waals surface area contributed by atoms with Crippen LogP contribution in [0.15, 0.2) is 54.7 Å². The third-order valence-corrected chi connectivity index (χ3v) is 3.52. The summed E-state index contributed by atoms with van der Waals surface area (Å²) in [6, 6.07) is 10.9.